The second-order valence-corrected chi connectivity index (χ2v) is 7.33. The molecule has 0 aliphatic carbocycles. The highest BCUT2D eigenvalue weighted by Crippen LogP contribution is 2.28. The molecule has 26 heavy (non-hydrogen) atoms. The molecule has 0 saturated carbocycles. The fourth-order valence-corrected chi connectivity index (χ4v) is 4.35. The molecule has 2 unspecified atom stereocenters. The Balaban J connectivity index is 1.49. The molecule has 5 nitrogen and oxygen atoms in total. The molecule has 4 heterocycles. The van der Waals surface area contributed by atoms with Crippen molar-refractivity contribution in [3.8, 4) is 11.5 Å². The number of furan rings is 1. The van der Waals surface area contributed by atoms with Crippen molar-refractivity contribution in [2.75, 3.05) is 0 Å². The largest absolute Gasteiger partial charge is 0.463 e. The molecule has 3 aromatic rings. The molecule has 1 amide bonds. The fraction of sp³-hybridized carbons (Fsp3) is 0.333. The lowest BCUT2D eigenvalue weighted by Gasteiger charge is -2.29. The number of rotatable bonds is 3. The second-order valence-electron chi connectivity index (χ2n) is 7.33. The summed E-state index contributed by atoms with van der Waals surface area (Å²) in [6.07, 6.45) is 6.08. The van der Waals surface area contributed by atoms with Crippen LogP contribution in [0.25, 0.3) is 22.4 Å². The monoisotopic (exact) mass is 347 g/mol. The molecule has 2 atom stereocenters. The molecular formula is C21H21N3O2. The Morgan fingerprint density at radius 3 is 2.69 bits per heavy atom. The third kappa shape index (κ3) is 2.78. The predicted molar refractivity (Wildman–Crippen MR) is 99.9 cm³/mol. The van der Waals surface area contributed by atoms with Gasteiger partial charge in [-0.25, -0.2) is 4.98 Å². The van der Waals surface area contributed by atoms with Gasteiger partial charge in [0.2, 0.25) is 0 Å². The number of nitrogens with zero attached hydrogens (tertiary/aromatic N) is 1. The molecule has 2 aromatic heterocycles. The fourth-order valence-electron chi connectivity index (χ4n) is 4.35. The normalized spacial score (nSPS) is 24.7. The number of carbonyl (C=O) groups excluding carboxylic acids is 1. The number of fused-ring (bicyclic) bond motifs is 3. The van der Waals surface area contributed by atoms with E-state index in [1.54, 1.807) is 6.26 Å². The summed E-state index contributed by atoms with van der Waals surface area (Å²) in [7, 11) is 0. The maximum Gasteiger partial charge on any atom is 0.252 e. The Bertz CT molecular complexity index is 939. The van der Waals surface area contributed by atoms with Gasteiger partial charge in [0.25, 0.3) is 5.91 Å². The molecule has 1 aromatic carbocycles. The number of piperidine rings is 1. The lowest BCUT2D eigenvalue weighted by atomic mass is 9.98. The van der Waals surface area contributed by atoms with E-state index in [2.05, 4.69) is 15.6 Å². The highest BCUT2D eigenvalue weighted by molar-refractivity contribution is 6.07. The van der Waals surface area contributed by atoms with Crippen molar-refractivity contribution in [3.63, 3.8) is 0 Å². The van der Waals surface area contributed by atoms with Gasteiger partial charge < -0.3 is 15.1 Å². The van der Waals surface area contributed by atoms with E-state index >= 15 is 0 Å². The van der Waals surface area contributed by atoms with Crippen LogP contribution in [-0.4, -0.2) is 29.0 Å². The highest BCUT2D eigenvalue weighted by Gasteiger charge is 2.34. The van der Waals surface area contributed by atoms with Gasteiger partial charge in [-0.05, 0) is 49.9 Å². The molecule has 0 spiro atoms. The number of hydrogen-bond donors (Lipinski definition) is 2. The van der Waals surface area contributed by atoms with Crippen molar-refractivity contribution in [2.45, 2.75) is 43.8 Å². The zero-order chi connectivity index (χ0) is 17.5. The average Bonchev–Trinajstić information content (AvgIpc) is 3.30. The lowest BCUT2D eigenvalue weighted by molar-refractivity contribution is 0.0925. The standard InChI is InChI=1S/C21H21N3O2/c25-21(23-15-10-13-7-8-14(11-15)22-13)17-12-19(20-6-3-9-26-20)24-18-5-2-1-4-16(17)18/h1-6,9,12-15,22H,7-8,10-11H2,(H,23,25). The zero-order valence-corrected chi connectivity index (χ0v) is 14.4. The zero-order valence-electron chi connectivity index (χ0n) is 14.4. The van der Waals surface area contributed by atoms with Gasteiger partial charge in [0.05, 0.1) is 17.3 Å². The second kappa shape index (κ2) is 6.25. The first kappa shape index (κ1) is 15.6. The number of para-hydroxylation sites is 1. The molecular weight excluding hydrogens is 326 g/mol. The Hall–Kier alpha value is -2.66. The van der Waals surface area contributed by atoms with Gasteiger partial charge >= 0.3 is 0 Å². The minimum absolute atomic E-state index is 0.0253. The van der Waals surface area contributed by atoms with Crippen LogP contribution in [0, 0.1) is 0 Å². The van der Waals surface area contributed by atoms with Gasteiger partial charge in [-0.2, -0.15) is 0 Å². The minimum atomic E-state index is -0.0253. The first-order valence-electron chi connectivity index (χ1n) is 9.27. The van der Waals surface area contributed by atoms with E-state index in [1.165, 1.54) is 12.8 Å². The number of nitrogens with one attached hydrogen (secondary N) is 2. The summed E-state index contributed by atoms with van der Waals surface area (Å²) in [4.78, 5) is 17.8. The van der Waals surface area contributed by atoms with Crippen LogP contribution in [0.4, 0.5) is 0 Å². The van der Waals surface area contributed by atoms with Gasteiger partial charge in [-0.1, -0.05) is 18.2 Å². The van der Waals surface area contributed by atoms with Gasteiger partial charge in [-0.3, -0.25) is 4.79 Å². The molecule has 132 valence electrons. The summed E-state index contributed by atoms with van der Waals surface area (Å²) >= 11 is 0. The van der Waals surface area contributed by atoms with Crippen LogP contribution >= 0.6 is 0 Å². The first-order chi connectivity index (χ1) is 12.8. The number of carbonyl (C=O) groups is 1. The Kier molecular flexibility index (Phi) is 3.75. The van der Waals surface area contributed by atoms with Crippen LogP contribution in [0.1, 0.15) is 36.0 Å². The number of aromatic nitrogens is 1. The van der Waals surface area contributed by atoms with Gasteiger partial charge in [0.1, 0.15) is 5.69 Å². The SMILES string of the molecule is O=C(NC1CC2CCC(C1)N2)c1cc(-c2ccco2)nc2ccccc12. The van der Waals surface area contributed by atoms with Crippen LogP contribution in [0.5, 0.6) is 0 Å². The molecule has 2 saturated heterocycles. The van der Waals surface area contributed by atoms with E-state index in [4.69, 9.17) is 4.42 Å². The number of pyridine rings is 1. The third-order valence-electron chi connectivity index (χ3n) is 5.54. The number of benzene rings is 1. The summed E-state index contributed by atoms with van der Waals surface area (Å²) in [5.41, 5.74) is 2.15. The number of hydrogen-bond acceptors (Lipinski definition) is 4. The topological polar surface area (TPSA) is 67.2 Å². The molecule has 2 fully saturated rings. The molecule has 2 aliphatic rings. The van der Waals surface area contributed by atoms with Crippen molar-refractivity contribution in [1.29, 1.82) is 0 Å². The van der Waals surface area contributed by atoms with Crippen molar-refractivity contribution in [3.05, 3.63) is 54.3 Å². The summed E-state index contributed by atoms with van der Waals surface area (Å²) in [5, 5.41) is 7.75. The van der Waals surface area contributed by atoms with E-state index < -0.39 is 0 Å². The van der Waals surface area contributed by atoms with Crippen molar-refractivity contribution >= 4 is 16.8 Å². The lowest BCUT2D eigenvalue weighted by Crippen LogP contribution is -2.48. The van der Waals surface area contributed by atoms with Crippen LogP contribution in [-0.2, 0) is 0 Å². The number of amides is 1. The van der Waals surface area contributed by atoms with Gasteiger partial charge in [0.15, 0.2) is 5.76 Å². The first-order valence-corrected chi connectivity index (χ1v) is 9.27. The minimum Gasteiger partial charge on any atom is -0.463 e. The van der Waals surface area contributed by atoms with Crippen molar-refractivity contribution < 1.29 is 9.21 Å². The molecule has 2 bridgehead atoms. The quantitative estimate of drug-likeness (QED) is 0.761. The van der Waals surface area contributed by atoms with Crippen molar-refractivity contribution in [1.82, 2.24) is 15.6 Å². The van der Waals surface area contributed by atoms with E-state index in [0.29, 0.717) is 29.1 Å². The summed E-state index contributed by atoms with van der Waals surface area (Å²) < 4.78 is 5.49. The predicted octanol–water partition coefficient (Wildman–Crippen LogP) is 3.51. The average molecular weight is 347 g/mol. The van der Waals surface area contributed by atoms with E-state index in [-0.39, 0.29) is 11.9 Å². The van der Waals surface area contributed by atoms with Crippen molar-refractivity contribution in [2.24, 2.45) is 0 Å². The molecule has 5 heteroatoms. The third-order valence-corrected chi connectivity index (χ3v) is 5.54. The maximum absolute atomic E-state index is 13.1. The van der Waals surface area contributed by atoms with Crippen LogP contribution in [0.15, 0.2) is 53.1 Å². The highest BCUT2D eigenvalue weighted by atomic mass is 16.3. The molecule has 5 rings (SSSR count). The molecule has 0 radical (unpaired) electrons. The van der Waals surface area contributed by atoms with E-state index in [1.807, 2.05) is 42.5 Å². The van der Waals surface area contributed by atoms with E-state index in [9.17, 15) is 4.79 Å². The van der Waals surface area contributed by atoms with E-state index in [0.717, 1.165) is 23.7 Å². The Morgan fingerprint density at radius 2 is 1.92 bits per heavy atom. The summed E-state index contributed by atoms with van der Waals surface area (Å²) in [6.45, 7) is 0. The van der Waals surface area contributed by atoms with Crippen LogP contribution in [0.2, 0.25) is 0 Å². The maximum atomic E-state index is 13.1. The van der Waals surface area contributed by atoms with Crippen LogP contribution in [0.3, 0.4) is 0 Å². The Morgan fingerprint density at radius 1 is 1.12 bits per heavy atom. The van der Waals surface area contributed by atoms with Gasteiger partial charge in [-0.15, -0.1) is 0 Å². The summed E-state index contributed by atoms with van der Waals surface area (Å²) in [6, 6.07) is 14.6. The molecule has 2 aliphatic heterocycles. The summed E-state index contributed by atoms with van der Waals surface area (Å²) in [5.74, 6) is 0.646. The Labute approximate surface area is 151 Å². The molecule has 2 N–H and O–H groups in total. The van der Waals surface area contributed by atoms with Gasteiger partial charge in [0, 0.05) is 23.5 Å². The van der Waals surface area contributed by atoms with Crippen LogP contribution < -0.4 is 10.6 Å². The smallest absolute Gasteiger partial charge is 0.252 e.